The van der Waals surface area contributed by atoms with Crippen LogP contribution in [0.5, 0.6) is 0 Å². The van der Waals surface area contributed by atoms with Gasteiger partial charge in [0.1, 0.15) is 0 Å². The number of hydrogen-bond donors (Lipinski definition) is 2. The number of benzene rings is 1. The molecule has 0 saturated carbocycles. The largest absolute Gasteiger partial charge is 0.391 e. The van der Waals surface area contributed by atoms with Crippen LogP contribution in [0.4, 0.5) is 0 Å². The summed E-state index contributed by atoms with van der Waals surface area (Å²) in [6.45, 7) is 4.54. The molecule has 0 aliphatic carbocycles. The Kier molecular flexibility index (Phi) is 6.40. The van der Waals surface area contributed by atoms with Crippen molar-refractivity contribution in [2.24, 2.45) is 0 Å². The Hall–Kier alpha value is -0.710. The lowest BCUT2D eigenvalue weighted by atomic mass is 10.2. The van der Waals surface area contributed by atoms with Crippen molar-refractivity contribution in [1.29, 1.82) is 0 Å². The fraction of sp³-hybridized carbons (Fsp3) is 0.538. The standard InChI is InChI=1S/C13H21NO2S/c1-11(2)14-8-13(15)10-17(16)9-12-6-4-3-5-7-12/h3-7,11,13-15H,8-10H2,1-2H3/t13-,17+/m1/s1. The van der Waals surface area contributed by atoms with Gasteiger partial charge in [0.25, 0.3) is 0 Å². The second-order valence-corrected chi connectivity index (χ2v) is 5.95. The third-order valence-electron chi connectivity index (χ3n) is 2.31. The van der Waals surface area contributed by atoms with Crippen LogP contribution in [0.25, 0.3) is 0 Å². The quantitative estimate of drug-likeness (QED) is 0.772. The van der Waals surface area contributed by atoms with Crippen LogP contribution < -0.4 is 5.32 Å². The molecule has 0 spiro atoms. The fourth-order valence-electron chi connectivity index (χ4n) is 1.46. The molecular weight excluding hydrogens is 234 g/mol. The first-order valence-electron chi connectivity index (χ1n) is 5.88. The van der Waals surface area contributed by atoms with Crippen LogP contribution in [0.2, 0.25) is 0 Å². The summed E-state index contributed by atoms with van der Waals surface area (Å²) < 4.78 is 11.8. The van der Waals surface area contributed by atoms with E-state index in [2.05, 4.69) is 5.32 Å². The number of hydrogen-bond acceptors (Lipinski definition) is 3. The summed E-state index contributed by atoms with van der Waals surface area (Å²) in [7, 11) is -1.01. The predicted octanol–water partition coefficient (Wildman–Crippen LogP) is 1.29. The van der Waals surface area contributed by atoms with Crippen molar-refractivity contribution in [3.63, 3.8) is 0 Å². The second kappa shape index (κ2) is 7.58. The summed E-state index contributed by atoms with van der Waals surface area (Å²) in [6, 6.07) is 10.1. The van der Waals surface area contributed by atoms with Gasteiger partial charge in [0, 0.05) is 29.1 Å². The third-order valence-corrected chi connectivity index (χ3v) is 3.72. The van der Waals surface area contributed by atoms with Gasteiger partial charge in [-0.05, 0) is 5.56 Å². The number of aliphatic hydroxyl groups excluding tert-OH is 1. The maximum atomic E-state index is 11.8. The number of aliphatic hydroxyl groups is 1. The van der Waals surface area contributed by atoms with Crippen LogP contribution in [0.15, 0.2) is 30.3 Å². The van der Waals surface area contributed by atoms with E-state index in [1.807, 2.05) is 44.2 Å². The molecule has 0 aromatic heterocycles. The van der Waals surface area contributed by atoms with E-state index < -0.39 is 16.9 Å². The van der Waals surface area contributed by atoms with Crippen molar-refractivity contribution in [2.75, 3.05) is 12.3 Å². The molecule has 1 aromatic rings. The highest BCUT2D eigenvalue weighted by molar-refractivity contribution is 7.84. The molecule has 0 radical (unpaired) electrons. The smallest absolute Gasteiger partial charge is 0.0779 e. The van der Waals surface area contributed by atoms with E-state index in [0.29, 0.717) is 24.1 Å². The third kappa shape index (κ3) is 6.56. The van der Waals surface area contributed by atoms with E-state index in [0.717, 1.165) is 5.56 Å². The molecule has 0 aliphatic rings. The van der Waals surface area contributed by atoms with Crippen molar-refractivity contribution in [1.82, 2.24) is 5.32 Å². The zero-order chi connectivity index (χ0) is 12.7. The molecule has 1 aromatic carbocycles. The van der Waals surface area contributed by atoms with E-state index >= 15 is 0 Å². The van der Waals surface area contributed by atoms with Crippen LogP contribution in [-0.4, -0.2) is 33.8 Å². The van der Waals surface area contributed by atoms with E-state index in [1.54, 1.807) is 0 Å². The molecule has 0 amide bonds. The maximum Gasteiger partial charge on any atom is 0.0779 e. The van der Waals surface area contributed by atoms with E-state index in [1.165, 1.54) is 0 Å². The van der Waals surface area contributed by atoms with Gasteiger partial charge in [0.15, 0.2) is 0 Å². The van der Waals surface area contributed by atoms with Crippen molar-refractivity contribution in [2.45, 2.75) is 31.7 Å². The SMILES string of the molecule is CC(C)NC[C@@H](O)C[S@@](=O)Cc1ccccc1. The highest BCUT2D eigenvalue weighted by atomic mass is 32.2. The molecular formula is C13H21NO2S. The molecule has 2 N–H and O–H groups in total. The second-order valence-electron chi connectivity index (χ2n) is 4.45. The summed E-state index contributed by atoms with van der Waals surface area (Å²) in [5.41, 5.74) is 1.05. The molecule has 1 rings (SSSR count). The van der Waals surface area contributed by atoms with Gasteiger partial charge in [-0.15, -0.1) is 0 Å². The van der Waals surface area contributed by atoms with E-state index in [9.17, 15) is 9.32 Å². The van der Waals surface area contributed by atoms with Crippen molar-refractivity contribution >= 4 is 10.8 Å². The average Bonchev–Trinajstić information content (AvgIpc) is 2.27. The fourth-order valence-corrected chi connectivity index (χ4v) is 2.69. The first kappa shape index (κ1) is 14.4. The predicted molar refractivity (Wildman–Crippen MR) is 72.3 cm³/mol. The normalized spacial score (nSPS) is 14.8. The van der Waals surface area contributed by atoms with Crippen LogP contribution >= 0.6 is 0 Å². The number of nitrogens with one attached hydrogen (secondary N) is 1. The van der Waals surface area contributed by atoms with E-state index in [4.69, 9.17) is 0 Å². The van der Waals surface area contributed by atoms with Gasteiger partial charge < -0.3 is 10.4 Å². The topological polar surface area (TPSA) is 49.3 Å². The van der Waals surface area contributed by atoms with Crippen LogP contribution in [0.3, 0.4) is 0 Å². The van der Waals surface area contributed by atoms with Crippen molar-refractivity contribution in [3.8, 4) is 0 Å². The van der Waals surface area contributed by atoms with Crippen LogP contribution in [0, 0.1) is 0 Å². The molecule has 0 unspecified atom stereocenters. The van der Waals surface area contributed by atoms with Gasteiger partial charge in [0.2, 0.25) is 0 Å². The molecule has 0 aliphatic heterocycles. The Balaban J connectivity index is 2.29. The molecule has 96 valence electrons. The van der Waals surface area contributed by atoms with Crippen molar-refractivity contribution < 1.29 is 9.32 Å². The Morgan fingerprint density at radius 3 is 2.53 bits per heavy atom. The summed E-state index contributed by atoms with van der Waals surface area (Å²) in [6.07, 6.45) is -0.540. The Morgan fingerprint density at radius 2 is 1.94 bits per heavy atom. The summed E-state index contributed by atoms with van der Waals surface area (Å²) in [5, 5.41) is 12.8. The van der Waals surface area contributed by atoms with Crippen LogP contribution in [-0.2, 0) is 16.6 Å². The lowest BCUT2D eigenvalue weighted by Crippen LogP contribution is -2.35. The maximum absolute atomic E-state index is 11.8. The lowest BCUT2D eigenvalue weighted by Gasteiger charge is -2.13. The molecule has 3 nitrogen and oxygen atoms in total. The van der Waals surface area contributed by atoms with Crippen molar-refractivity contribution in [3.05, 3.63) is 35.9 Å². The minimum Gasteiger partial charge on any atom is -0.391 e. The first-order chi connectivity index (χ1) is 8.08. The average molecular weight is 255 g/mol. The highest BCUT2D eigenvalue weighted by Gasteiger charge is 2.10. The van der Waals surface area contributed by atoms with Gasteiger partial charge in [-0.25, -0.2) is 0 Å². The Bertz CT molecular complexity index is 341. The molecule has 17 heavy (non-hydrogen) atoms. The van der Waals surface area contributed by atoms with Gasteiger partial charge in [0.05, 0.1) is 11.9 Å². The molecule has 2 atom stereocenters. The first-order valence-corrected chi connectivity index (χ1v) is 7.37. The Morgan fingerprint density at radius 1 is 1.29 bits per heavy atom. The van der Waals surface area contributed by atoms with Gasteiger partial charge in [-0.2, -0.15) is 0 Å². The molecule has 0 fully saturated rings. The molecule has 0 bridgehead atoms. The monoisotopic (exact) mass is 255 g/mol. The minimum absolute atomic E-state index is 0.328. The van der Waals surface area contributed by atoms with Gasteiger partial charge >= 0.3 is 0 Å². The Labute approximate surface area is 106 Å². The van der Waals surface area contributed by atoms with Gasteiger partial charge in [-0.1, -0.05) is 44.2 Å². The van der Waals surface area contributed by atoms with Crippen LogP contribution in [0.1, 0.15) is 19.4 Å². The zero-order valence-electron chi connectivity index (χ0n) is 10.4. The molecule has 0 saturated heterocycles. The minimum atomic E-state index is -1.01. The number of rotatable bonds is 7. The zero-order valence-corrected chi connectivity index (χ0v) is 11.2. The lowest BCUT2D eigenvalue weighted by molar-refractivity contribution is 0.191. The molecule has 4 heteroatoms. The van der Waals surface area contributed by atoms with E-state index in [-0.39, 0.29) is 0 Å². The summed E-state index contributed by atoms with van der Waals surface area (Å²) in [4.78, 5) is 0. The summed E-state index contributed by atoms with van der Waals surface area (Å²) in [5.74, 6) is 0.841. The van der Waals surface area contributed by atoms with Gasteiger partial charge in [-0.3, -0.25) is 4.21 Å². The molecule has 0 heterocycles. The summed E-state index contributed by atoms with van der Waals surface area (Å²) >= 11 is 0. The highest BCUT2D eigenvalue weighted by Crippen LogP contribution is 2.03.